The van der Waals surface area contributed by atoms with Crippen molar-refractivity contribution in [2.45, 2.75) is 25.7 Å². The van der Waals surface area contributed by atoms with Crippen molar-refractivity contribution in [2.75, 3.05) is 6.61 Å². The molecule has 1 aliphatic rings. The Labute approximate surface area is 108 Å². The van der Waals surface area contributed by atoms with Crippen molar-refractivity contribution in [3.8, 4) is 0 Å². The Morgan fingerprint density at radius 3 is 2.88 bits per heavy atom. The number of aromatic nitrogens is 3. The summed E-state index contributed by atoms with van der Waals surface area (Å²) in [6, 6.07) is 1.98. The number of halogens is 2. The van der Waals surface area contributed by atoms with Crippen LogP contribution < -0.4 is 4.84 Å². The maximum Gasteiger partial charge on any atom is 0.225 e. The van der Waals surface area contributed by atoms with E-state index in [2.05, 4.69) is 23.8 Å². The van der Waals surface area contributed by atoms with Gasteiger partial charge in [-0.15, -0.1) is 0 Å². The number of nitrogens with zero attached hydrogens (tertiary/aromatic N) is 3. The van der Waals surface area contributed by atoms with Crippen LogP contribution >= 0.6 is 23.2 Å². The van der Waals surface area contributed by atoms with E-state index in [1.54, 1.807) is 4.73 Å². The summed E-state index contributed by atoms with van der Waals surface area (Å²) in [6.07, 6.45) is 0.960. The van der Waals surface area contributed by atoms with Crippen molar-refractivity contribution >= 4 is 34.2 Å². The fourth-order valence-electron chi connectivity index (χ4n) is 2.12. The third kappa shape index (κ3) is 1.58. The van der Waals surface area contributed by atoms with Gasteiger partial charge in [0.2, 0.25) is 5.28 Å². The predicted octanol–water partition coefficient (Wildman–Crippen LogP) is 2.85. The minimum atomic E-state index is 0.0365. The molecular formula is C11H11Cl2N3O. The Morgan fingerprint density at radius 2 is 2.12 bits per heavy atom. The molecule has 0 aliphatic carbocycles. The summed E-state index contributed by atoms with van der Waals surface area (Å²) in [5.41, 5.74) is 1.73. The molecule has 0 bridgehead atoms. The summed E-state index contributed by atoms with van der Waals surface area (Å²) in [7, 11) is 0. The Bertz CT molecular complexity index is 606. The van der Waals surface area contributed by atoms with Gasteiger partial charge in [-0.25, -0.2) is 4.98 Å². The first-order valence-electron chi connectivity index (χ1n) is 5.37. The van der Waals surface area contributed by atoms with Crippen molar-refractivity contribution in [3.05, 3.63) is 22.2 Å². The van der Waals surface area contributed by atoms with Gasteiger partial charge >= 0.3 is 0 Å². The van der Waals surface area contributed by atoms with E-state index in [4.69, 9.17) is 28.0 Å². The van der Waals surface area contributed by atoms with E-state index in [0.29, 0.717) is 17.4 Å². The quantitative estimate of drug-likeness (QED) is 0.547. The van der Waals surface area contributed by atoms with E-state index >= 15 is 0 Å². The molecule has 2 aromatic rings. The Balaban J connectivity index is 2.38. The highest BCUT2D eigenvalue weighted by molar-refractivity contribution is 6.35. The van der Waals surface area contributed by atoms with Gasteiger partial charge in [0.25, 0.3) is 0 Å². The number of fused-ring (bicyclic) bond motifs is 3. The van der Waals surface area contributed by atoms with Crippen LogP contribution in [0.15, 0.2) is 6.07 Å². The minimum Gasteiger partial charge on any atom is -0.412 e. The normalized spacial score (nSPS) is 17.9. The van der Waals surface area contributed by atoms with E-state index in [0.717, 1.165) is 17.5 Å². The lowest BCUT2D eigenvalue weighted by Gasteiger charge is -2.31. The molecular weight excluding hydrogens is 261 g/mol. The van der Waals surface area contributed by atoms with Crippen molar-refractivity contribution in [3.63, 3.8) is 0 Å². The van der Waals surface area contributed by atoms with Gasteiger partial charge in [-0.05, 0) is 24.1 Å². The molecule has 0 atom stereocenters. The molecule has 0 N–H and O–H groups in total. The second-order valence-electron chi connectivity index (χ2n) is 4.81. The van der Waals surface area contributed by atoms with Gasteiger partial charge in [-0.2, -0.15) is 9.71 Å². The molecule has 90 valence electrons. The fourth-order valence-corrected chi connectivity index (χ4v) is 2.54. The van der Waals surface area contributed by atoms with Gasteiger partial charge in [0.05, 0.1) is 11.1 Å². The van der Waals surface area contributed by atoms with E-state index in [-0.39, 0.29) is 10.7 Å². The average Bonchev–Trinajstić information content (AvgIpc) is 2.58. The van der Waals surface area contributed by atoms with Crippen LogP contribution in [0, 0.1) is 0 Å². The van der Waals surface area contributed by atoms with Gasteiger partial charge in [0.15, 0.2) is 5.65 Å². The second-order valence-corrected chi connectivity index (χ2v) is 5.51. The molecule has 0 saturated heterocycles. The maximum atomic E-state index is 6.07. The van der Waals surface area contributed by atoms with Crippen LogP contribution in [0.5, 0.6) is 0 Å². The molecule has 2 aromatic heterocycles. The molecule has 0 amide bonds. The maximum absolute atomic E-state index is 6.07. The van der Waals surface area contributed by atoms with Gasteiger partial charge < -0.3 is 4.84 Å². The molecule has 0 saturated carbocycles. The molecule has 0 fully saturated rings. The number of hydrogen-bond acceptors (Lipinski definition) is 3. The van der Waals surface area contributed by atoms with Crippen LogP contribution in [0.1, 0.15) is 26.0 Å². The minimum absolute atomic E-state index is 0.0365. The van der Waals surface area contributed by atoms with Crippen LogP contribution in [0.4, 0.5) is 0 Å². The van der Waals surface area contributed by atoms with Gasteiger partial charge in [0, 0.05) is 5.41 Å². The van der Waals surface area contributed by atoms with Crippen molar-refractivity contribution < 1.29 is 4.84 Å². The molecule has 0 spiro atoms. The highest BCUT2D eigenvalue weighted by Crippen LogP contribution is 2.35. The predicted molar refractivity (Wildman–Crippen MR) is 66.6 cm³/mol. The lowest BCUT2D eigenvalue weighted by Crippen LogP contribution is -2.34. The molecule has 4 nitrogen and oxygen atoms in total. The standard InChI is InChI=1S/C11H11Cl2N3O/c1-11(2)3-4-17-16-7(11)5-6-8(12)14-10(13)15-9(6)16/h5H,3-4H2,1-2H3. The van der Waals surface area contributed by atoms with Crippen LogP contribution in [-0.2, 0) is 5.41 Å². The SMILES string of the molecule is CC1(C)CCOn2c1cc1c(Cl)nc(Cl)nc12. The first-order chi connectivity index (χ1) is 7.99. The molecule has 1 aliphatic heterocycles. The van der Waals surface area contributed by atoms with E-state index < -0.39 is 0 Å². The van der Waals surface area contributed by atoms with Gasteiger partial charge in [-0.3, -0.25) is 0 Å². The van der Waals surface area contributed by atoms with Gasteiger partial charge in [0.1, 0.15) is 11.8 Å². The smallest absolute Gasteiger partial charge is 0.225 e. The lowest BCUT2D eigenvalue weighted by atomic mass is 9.85. The van der Waals surface area contributed by atoms with Crippen LogP contribution in [0.2, 0.25) is 10.4 Å². The monoisotopic (exact) mass is 271 g/mol. The zero-order valence-corrected chi connectivity index (χ0v) is 11.0. The Morgan fingerprint density at radius 1 is 1.35 bits per heavy atom. The molecule has 3 heterocycles. The third-order valence-corrected chi connectivity index (χ3v) is 3.64. The highest BCUT2D eigenvalue weighted by Gasteiger charge is 2.32. The average molecular weight is 272 g/mol. The Hall–Kier alpha value is -1.00. The fraction of sp³-hybridized carbons (Fsp3) is 0.455. The van der Waals surface area contributed by atoms with Crippen molar-refractivity contribution in [1.82, 2.24) is 14.7 Å². The van der Waals surface area contributed by atoms with E-state index in [9.17, 15) is 0 Å². The summed E-state index contributed by atoms with van der Waals surface area (Å²) in [5.74, 6) is 0. The van der Waals surface area contributed by atoms with Crippen LogP contribution in [0.25, 0.3) is 11.0 Å². The zero-order valence-electron chi connectivity index (χ0n) is 9.50. The summed E-state index contributed by atoms with van der Waals surface area (Å²) in [5, 5.41) is 1.28. The summed E-state index contributed by atoms with van der Waals surface area (Å²) < 4.78 is 1.72. The van der Waals surface area contributed by atoms with Gasteiger partial charge in [-0.1, -0.05) is 25.4 Å². The zero-order chi connectivity index (χ0) is 12.2. The summed E-state index contributed by atoms with van der Waals surface area (Å²) >= 11 is 11.9. The molecule has 17 heavy (non-hydrogen) atoms. The number of rotatable bonds is 0. The van der Waals surface area contributed by atoms with Crippen LogP contribution in [-0.4, -0.2) is 21.3 Å². The van der Waals surface area contributed by atoms with Crippen LogP contribution in [0.3, 0.4) is 0 Å². The first kappa shape index (κ1) is 11.1. The molecule has 0 unspecified atom stereocenters. The number of hydrogen-bond donors (Lipinski definition) is 0. The van der Waals surface area contributed by atoms with E-state index in [1.807, 2.05) is 6.07 Å². The second kappa shape index (κ2) is 3.50. The summed E-state index contributed by atoms with van der Waals surface area (Å²) in [6.45, 7) is 5.00. The third-order valence-electron chi connectivity index (χ3n) is 3.18. The molecule has 0 radical (unpaired) electrons. The molecule has 0 aromatic carbocycles. The Kier molecular flexibility index (Phi) is 2.28. The molecule has 3 rings (SSSR count). The molecule has 6 heteroatoms. The van der Waals surface area contributed by atoms with Crippen molar-refractivity contribution in [1.29, 1.82) is 0 Å². The topological polar surface area (TPSA) is 39.9 Å². The first-order valence-corrected chi connectivity index (χ1v) is 6.13. The largest absolute Gasteiger partial charge is 0.412 e. The highest BCUT2D eigenvalue weighted by atomic mass is 35.5. The van der Waals surface area contributed by atoms with Crippen molar-refractivity contribution in [2.24, 2.45) is 0 Å². The lowest BCUT2D eigenvalue weighted by molar-refractivity contribution is 0.0604. The summed E-state index contributed by atoms with van der Waals surface area (Å²) in [4.78, 5) is 13.8. The van der Waals surface area contributed by atoms with E-state index in [1.165, 1.54) is 0 Å².